The van der Waals surface area contributed by atoms with E-state index in [-0.39, 0.29) is 11.9 Å². The molecule has 1 heterocycles. The predicted molar refractivity (Wildman–Crippen MR) is 76.8 cm³/mol. The zero-order chi connectivity index (χ0) is 13.0. The number of nitrogens with one attached hydrogen (secondary N) is 1. The van der Waals surface area contributed by atoms with E-state index in [0.29, 0.717) is 5.56 Å². The van der Waals surface area contributed by atoms with Crippen molar-refractivity contribution in [2.24, 2.45) is 5.84 Å². The SMILES string of the molecule is NNC(CCc1cccs1)c1c(F)cccc1Br. The van der Waals surface area contributed by atoms with Gasteiger partial charge in [0, 0.05) is 14.9 Å². The van der Waals surface area contributed by atoms with Crippen LogP contribution in [0, 0.1) is 5.82 Å². The van der Waals surface area contributed by atoms with Crippen molar-refractivity contribution >= 4 is 27.3 Å². The van der Waals surface area contributed by atoms with Gasteiger partial charge in [0.05, 0.1) is 6.04 Å². The summed E-state index contributed by atoms with van der Waals surface area (Å²) < 4.78 is 14.6. The third-order valence-electron chi connectivity index (χ3n) is 2.81. The highest BCUT2D eigenvalue weighted by molar-refractivity contribution is 9.10. The fourth-order valence-corrected chi connectivity index (χ4v) is 3.24. The first kappa shape index (κ1) is 13.7. The van der Waals surface area contributed by atoms with Crippen molar-refractivity contribution in [2.75, 3.05) is 0 Å². The van der Waals surface area contributed by atoms with Crippen molar-refractivity contribution < 1.29 is 4.39 Å². The molecule has 0 saturated carbocycles. The van der Waals surface area contributed by atoms with Crippen LogP contribution >= 0.6 is 27.3 Å². The number of halogens is 2. The van der Waals surface area contributed by atoms with Crippen LogP contribution in [0.1, 0.15) is 22.9 Å². The van der Waals surface area contributed by atoms with E-state index in [4.69, 9.17) is 5.84 Å². The largest absolute Gasteiger partial charge is 0.271 e. The van der Waals surface area contributed by atoms with Crippen molar-refractivity contribution in [3.8, 4) is 0 Å². The average molecular weight is 329 g/mol. The molecule has 0 radical (unpaired) electrons. The fourth-order valence-electron chi connectivity index (χ4n) is 1.90. The van der Waals surface area contributed by atoms with Crippen molar-refractivity contribution in [1.29, 1.82) is 0 Å². The molecule has 96 valence electrons. The van der Waals surface area contributed by atoms with Crippen molar-refractivity contribution in [3.63, 3.8) is 0 Å². The molecule has 3 N–H and O–H groups in total. The number of benzene rings is 1. The molecular weight excluding hydrogens is 315 g/mol. The maximum atomic E-state index is 13.8. The Morgan fingerprint density at radius 2 is 2.17 bits per heavy atom. The lowest BCUT2D eigenvalue weighted by Gasteiger charge is -2.18. The second kappa shape index (κ2) is 6.43. The summed E-state index contributed by atoms with van der Waals surface area (Å²) in [6.07, 6.45) is 1.64. The monoisotopic (exact) mass is 328 g/mol. The molecule has 0 saturated heterocycles. The molecule has 18 heavy (non-hydrogen) atoms. The standard InChI is InChI=1S/C13H14BrFN2S/c14-10-4-1-5-11(15)13(10)12(17-16)7-6-9-3-2-8-18-9/h1-5,8,12,17H,6-7,16H2. The van der Waals surface area contributed by atoms with E-state index < -0.39 is 0 Å². The van der Waals surface area contributed by atoms with Crippen molar-refractivity contribution in [1.82, 2.24) is 5.43 Å². The molecule has 0 spiro atoms. The molecule has 5 heteroatoms. The van der Waals surface area contributed by atoms with Crippen LogP contribution in [0.15, 0.2) is 40.2 Å². The summed E-state index contributed by atoms with van der Waals surface area (Å²) in [6.45, 7) is 0. The number of hydrogen-bond donors (Lipinski definition) is 2. The highest BCUT2D eigenvalue weighted by atomic mass is 79.9. The van der Waals surface area contributed by atoms with E-state index in [1.165, 1.54) is 10.9 Å². The quantitative estimate of drug-likeness (QED) is 0.647. The van der Waals surface area contributed by atoms with Crippen LogP contribution in [0.2, 0.25) is 0 Å². The van der Waals surface area contributed by atoms with Crippen LogP contribution in [0.5, 0.6) is 0 Å². The Kier molecular flexibility index (Phi) is 4.88. The highest BCUT2D eigenvalue weighted by Crippen LogP contribution is 2.29. The molecule has 1 aromatic heterocycles. The number of aryl methyl sites for hydroxylation is 1. The van der Waals surface area contributed by atoms with Gasteiger partial charge in [0.1, 0.15) is 5.82 Å². The third kappa shape index (κ3) is 3.17. The minimum Gasteiger partial charge on any atom is -0.271 e. The molecular formula is C13H14BrFN2S. The first-order valence-electron chi connectivity index (χ1n) is 5.64. The average Bonchev–Trinajstić information content (AvgIpc) is 2.86. The maximum absolute atomic E-state index is 13.8. The summed E-state index contributed by atoms with van der Waals surface area (Å²) in [5, 5.41) is 2.04. The van der Waals surface area contributed by atoms with Crippen LogP contribution in [0.4, 0.5) is 4.39 Å². The minimum absolute atomic E-state index is 0.192. The molecule has 0 aliphatic heterocycles. The maximum Gasteiger partial charge on any atom is 0.129 e. The Labute approximate surface area is 118 Å². The van der Waals surface area contributed by atoms with E-state index in [1.807, 2.05) is 17.5 Å². The molecule has 0 bridgehead atoms. The number of nitrogens with two attached hydrogens (primary N) is 1. The van der Waals surface area contributed by atoms with Gasteiger partial charge in [0.2, 0.25) is 0 Å². The topological polar surface area (TPSA) is 38.0 Å². The molecule has 2 aromatic rings. The molecule has 0 aliphatic rings. The van der Waals surface area contributed by atoms with Gasteiger partial charge in [-0.2, -0.15) is 0 Å². The molecule has 0 aliphatic carbocycles. The van der Waals surface area contributed by atoms with Gasteiger partial charge in [0.25, 0.3) is 0 Å². The Morgan fingerprint density at radius 1 is 1.33 bits per heavy atom. The van der Waals surface area contributed by atoms with Gasteiger partial charge in [-0.05, 0) is 36.4 Å². The van der Waals surface area contributed by atoms with Crippen LogP contribution in [0.3, 0.4) is 0 Å². The zero-order valence-corrected chi connectivity index (χ0v) is 12.1. The van der Waals surface area contributed by atoms with E-state index in [0.717, 1.165) is 17.3 Å². The summed E-state index contributed by atoms with van der Waals surface area (Å²) >= 11 is 5.08. The minimum atomic E-state index is -0.237. The van der Waals surface area contributed by atoms with Crippen LogP contribution in [-0.2, 0) is 6.42 Å². The molecule has 2 nitrogen and oxygen atoms in total. The molecule has 1 atom stereocenters. The van der Waals surface area contributed by atoms with Gasteiger partial charge in [0.15, 0.2) is 0 Å². The van der Waals surface area contributed by atoms with Gasteiger partial charge < -0.3 is 0 Å². The first-order chi connectivity index (χ1) is 8.72. The van der Waals surface area contributed by atoms with Crippen LogP contribution < -0.4 is 11.3 Å². The highest BCUT2D eigenvalue weighted by Gasteiger charge is 2.17. The summed E-state index contributed by atoms with van der Waals surface area (Å²) in [5.74, 6) is 5.31. The van der Waals surface area contributed by atoms with Crippen LogP contribution in [0.25, 0.3) is 0 Å². The van der Waals surface area contributed by atoms with Crippen molar-refractivity contribution in [3.05, 3.63) is 56.4 Å². The molecule has 1 aromatic carbocycles. The number of rotatable bonds is 5. The number of hydrazine groups is 1. The Balaban J connectivity index is 2.13. The third-order valence-corrected chi connectivity index (χ3v) is 4.44. The van der Waals surface area contributed by atoms with Crippen LogP contribution in [-0.4, -0.2) is 0 Å². The fraction of sp³-hybridized carbons (Fsp3) is 0.231. The molecule has 0 amide bonds. The number of thiophene rings is 1. The van der Waals surface area contributed by atoms with E-state index >= 15 is 0 Å². The molecule has 2 rings (SSSR count). The number of hydrogen-bond acceptors (Lipinski definition) is 3. The normalized spacial score (nSPS) is 12.6. The lowest BCUT2D eigenvalue weighted by atomic mass is 10.0. The molecule has 1 unspecified atom stereocenters. The lowest BCUT2D eigenvalue weighted by molar-refractivity contribution is 0.484. The Bertz CT molecular complexity index is 481. The zero-order valence-electron chi connectivity index (χ0n) is 9.70. The lowest BCUT2D eigenvalue weighted by Crippen LogP contribution is -2.29. The van der Waals surface area contributed by atoms with Gasteiger partial charge in [-0.1, -0.05) is 28.1 Å². The Hall–Kier alpha value is -0.750. The summed E-state index contributed by atoms with van der Waals surface area (Å²) in [5.41, 5.74) is 3.29. The smallest absolute Gasteiger partial charge is 0.129 e. The van der Waals surface area contributed by atoms with E-state index in [9.17, 15) is 4.39 Å². The van der Waals surface area contributed by atoms with E-state index in [2.05, 4.69) is 27.4 Å². The van der Waals surface area contributed by atoms with Gasteiger partial charge in [-0.25, -0.2) is 4.39 Å². The van der Waals surface area contributed by atoms with Gasteiger partial charge in [-0.15, -0.1) is 11.3 Å². The second-order valence-electron chi connectivity index (χ2n) is 3.97. The summed E-state index contributed by atoms with van der Waals surface area (Å²) in [6, 6.07) is 8.86. The summed E-state index contributed by atoms with van der Waals surface area (Å²) in [7, 11) is 0. The second-order valence-corrected chi connectivity index (χ2v) is 5.86. The Morgan fingerprint density at radius 3 is 2.78 bits per heavy atom. The van der Waals surface area contributed by atoms with E-state index in [1.54, 1.807) is 17.4 Å². The first-order valence-corrected chi connectivity index (χ1v) is 7.32. The molecule has 0 fully saturated rings. The summed E-state index contributed by atoms with van der Waals surface area (Å²) in [4.78, 5) is 1.28. The predicted octanol–water partition coefficient (Wildman–Crippen LogP) is 3.79. The van der Waals surface area contributed by atoms with Gasteiger partial charge >= 0.3 is 0 Å². The van der Waals surface area contributed by atoms with Crippen molar-refractivity contribution in [2.45, 2.75) is 18.9 Å². The van der Waals surface area contributed by atoms with Gasteiger partial charge in [-0.3, -0.25) is 11.3 Å².